The molecule has 0 amide bonds. The summed E-state index contributed by atoms with van der Waals surface area (Å²) in [6, 6.07) is 21.6. The van der Waals surface area contributed by atoms with Crippen LogP contribution in [-0.4, -0.2) is 28.4 Å². The van der Waals surface area contributed by atoms with Crippen molar-refractivity contribution in [2.75, 3.05) is 18.2 Å². The van der Waals surface area contributed by atoms with Gasteiger partial charge in [0.05, 0.1) is 35.0 Å². The molecule has 0 fully saturated rings. The molecule has 0 unspecified atom stereocenters. The van der Waals surface area contributed by atoms with Crippen molar-refractivity contribution in [1.82, 2.24) is 9.55 Å². The van der Waals surface area contributed by atoms with Gasteiger partial charge in [0.25, 0.3) is 0 Å². The summed E-state index contributed by atoms with van der Waals surface area (Å²) in [5.41, 5.74) is 4.35. The van der Waals surface area contributed by atoms with Crippen molar-refractivity contribution in [2.45, 2.75) is 17.9 Å². The van der Waals surface area contributed by atoms with E-state index in [2.05, 4.69) is 5.32 Å². The highest BCUT2D eigenvalue weighted by molar-refractivity contribution is 7.98. The number of benzene rings is 3. The number of nitrogens with zero attached hydrogens (tertiary/aromatic N) is 2. The number of anilines is 1. The monoisotopic (exact) mass is 459 g/mol. The summed E-state index contributed by atoms with van der Waals surface area (Å²) in [7, 11) is 0. The molecular weight excluding hydrogens is 437 g/mol. The average molecular weight is 460 g/mol. The maximum absolute atomic E-state index is 13.7. The van der Waals surface area contributed by atoms with E-state index in [1.807, 2.05) is 59.4 Å². The first-order chi connectivity index (χ1) is 16.1. The molecule has 0 radical (unpaired) electrons. The normalized spacial score (nSPS) is 15.3. The zero-order valence-electron chi connectivity index (χ0n) is 18.2. The van der Waals surface area contributed by atoms with Crippen LogP contribution in [0.4, 0.5) is 10.3 Å². The van der Waals surface area contributed by atoms with E-state index in [-0.39, 0.29) is 12.4 Å². The summed E-state index contributed by atoms with van der Waals surface area (Å²) in [5.74, 6) is -0.154. The molecule has 0 spiro atoms. The van der Waals surface area contributed by atoms with E-state index in [0.717, 1.165) is 21.5 Å². The van der Waals surface area contributed by atoms with Gasteiger partial charge in [-0.25, -0.2) is 14.2 Å². The van der Waals surface area contributed by atoms with Crippen LogP contribution in [0.1, 0.15) is 24.1 Å². The van der Waals surface area contributed by atoms with E-state index in [0.29, 0.717) is 22.8 Å². The van der Waals surface area contributed by atoms with Crippen LogP contribution in [-0.2, 0) is 9.53 Å². The van der Waals surface area contributed by atoms with Crippen molar-refractivity contribution < 1.29 is 13.9 Å². The standard InChI is InChI=1S/C26H22FN3O2S/c1-3-32-25(31)22-23(16-8-12-18(27)13-9-16)29-26-28-20-6-4-5-7-21(20)30(26)24(22)17-10-14-19(33-2)15-11-17/h4-15,24H,3H2,1-2H3,(H,28,29)/t24-/m1/s1. The first-order valence-electron chi connectivity index (χ1n) is 10.7. The van der Waals surface area contributed by atoms with Crippen LogP contribution in [0, 0.1) is 5.82 Å². The second-order valence-electron chi connectivity index (χ2n) is 7.61. The number of aromatic nitrogens is 2. The lowest BCUT2D eigenvalue weighted by Crippen LogP contribution is -2.29. The first kappa shape index (κ1) is 21.3. The molecule has 3 aromatic carbocycles. The highest BCUT2D eigenvalue weighted by Gasteiger charge is 2.36. The van der Waals surface area contributed by atoms with E-state index in [4.69, 9.17) is 9.72 Å². The molecule has 0 bridgehead atoms. The van der Waals surface area contributed by atoms with E-state index < -0.39 is 12.0 Å². The largest absolute Gasteiger partial charge is 0.463 e. The third-order valence-corrected chi connectivity index (χ3v) is 6.44. The second-order valence-corrected chi connectivity index (χ2v) is 8.49. The summed E-state index contributed by atoms with van der Waals surface area (Å²) < 4.78 is 21.2. The summed E-state index contributed by atoms with van der Waals surface area (Å²) in [6.07, 6.45) is 2.03. The Labute approximate surface area is 195 Å². The molecule has 5 nitrogen and oxygen atoms in total. The Morgan fingerprint density at radius 3 is 2.52 bits per heavy atom. The molecule has 4 aromatic rings. The predicted molar refractivity (Wildman–Crippen MR) is 130 cm³/mol. The molecule has 1 atom stereocenters. The Morgan fingerprint density at radius 2 is 1.82 bits per heavy atom. The highest BCUT2D eigenvalue weighted by Crippen LogP contribution is 2.42. The van der Waals surface area contributed by atoms with Gasteiger partial charge in [0.1, 0.15) is 5.82 Å². The van der Waals surface area contributed by atoms with Gasteiger partial charge in [-0.15, -0.1) is 11.8 Å². The van der Waals surface area contributed by atoms with Gasteiger partial charge in [0.2, 0.25) is 5.95 Å². The lowest BCUT2D eigenvalue weighted by atomic mass is 9.92. The van der Waals surface area contributed by atoms with Crippen LogP contribution in [0.15, 0.2) is 83.3 Å². The molecule has 5 rings (SSSR count). The Morgan fingerprint density at radius 1 is 1.09 bits per heavy atom. The highest BCUT2D eigenvalue weighted by atomic mass is 32.2. The van der Waals surface area contributed by atoms with Crippen molar-refractivity contribution in [3.63, 3.8) is 0 Å². The van der Waals surface area contributed by atoms with Crippen LogP contribution in [0.25, 0.3) is 16.7 Å². The third kappa shape index (κ3) is 3.78. The number of para-hydroxylation sites is 2. The number of fused-ring (bicyclic) bond motifs is 3. The molecule has 0 aliphatic carbocycles. The number of ether oxygens (including phenoxy) is 1. The number of nitrogens with one attached hydrogen (secondary N) is 1. The minimum atomic E-state index is -0.469. The summed E-state index contributed by atoms with van der Waals surface area (Å²) in [6.45, 7) is 2.03. The van der Waals surface area contributed by atoms with Crippen LogP contribution >= 0.6 is 11.8 Å². The molecule has 7 heteroatoms. The fraction of sp³-hybridized carbons (Fsp3) is 0.154. The molecule has 166 valence electrons. The molecule has 2 heterocycles. The van der Waals surface area contributed by atoms with Gasteiger partial charge in [0.15, 0.2) is 0 Å². The average Bonchev–Trinajstić information content (AvgIpc) is 3.22. The number of rotatable bonds is 5. The van der Waals surface area contributed by atoms with E-state index in [1.165, 1.54) is 12.1 Å². The van der Waals surface area contributed by atoms with Gasteiger partial charge in [-0.1, -0.05) is 24.3 Å². The minimum absolute atomic E-state index is 0.245. The van der Waals surface area contributed by atoms with Crippen LogP contribution in [0.5, 0.6) is 0 Å². The number of carbonyl (C=O) groups is 1. The fourth-order valence-corrected chi connectivity index (χ4v) is 4.62. The minimum Gasteiger partial charge on any atom is -0.463 e. The zero-order valence-corrected chi connectivity index (χ0v) is 19.0. The van der Waals surface area contributed by atoms with Crippen molar-refractivity contribution >= 4 is 40.4 Å². The molecular formula is C26H22FN3O2S. The SMILES string of the molecule is CCOC(=O)C1=C(c2ccc(F)cc2)Nc2nc3ccccc3n2[C@@H]1c1ccc(SC)cc1. The number of esters is 1. The molecule has 1 aromatic heterocycles. The number of imidazole rings is 1. The summed E-state index contributed by atoms with van der Waals surface area (Å²) in [4.78, 5) is 19.3. The number of hydrogen-bond donors (Lipinski definition) is 1. The lowest BCUT2D eigenvalue weighted by molar-refractivity contribution is -0.138. The molecule has 1 aliphatic heterocycles. The van der Waals surface area contributed by atoms with Crippen LogP contribution in [0.2, 0.25) is 0 Å². The zero-order chi connectivity index (χ0) is 22.9. The first-order valence-corrected chi connectivity index (χ1v) is 11.9. The lowest BCUT2D eigenvalue weighted by Gasteiger charge is -2.31. The van der Waals surface area contributed by atoms with Gasteiger partial charge in [-0.05, 0) is 72.8 Å². The molecule has 33 heavy (non-hydrogen) atoms. The quantitative estimate of drug-likeness (QED) is 0.298. The Kier molecular flexibility index (Phi) is 5.64. The number of thioether (sulfide) groups is 1. The number of carbonyl (C=O) groups excluding carboxylic acids is 1. The fourth-order valence-electron chi connectivity index (χ4n) is 4.21. The van der Waals surface area contributed by atoms with Crippen molar-refractivity contribution in [3.8, 4) is 0 Å². The summed E-state index contributed by atoms with van der Waals surface area (Å²) >= 11 is 1.66. The van der Waals surface area contributed by atoms with Crippen molar-refractivity contribution in [2.24, 2.45) is 0 Å². The van der Waals surface area contributed by atoms with Crippen molar-refractivity contribution in [3.05, 3.63) is 95.3 Å². The predicted octanol–water partition coefficient (Wildman–Crippen LogP) is 5.89. The topological polar surface area (TPSA) is 56.1 Å². The molecule has 0 saturated carbocycles. The van der Waals surface area contributed by atoms with Gasteiger partial charge in [0, 0.05) is 4.90 Å². The molecule has 1 aliphatic rings. The number of hydrogen-bond acceptors (Lipinski definition) is 5. The van der Waals surface area contributed by atoms with Gasteiger partial charge >= 0.3 is 5.97 Å². The second kappa shape index (κ2) is 8.75. The molecule has 0 saturated heterocycles. The Balaban J connectivity index is 1.80. The van der Waals surface area contributed by atoms with Crippen LogP contribution in [0.3, 0.4) is 0 Å². The number of halogens is 1. The maximum atomic E-state index is 13.7. The third-order valence-electron chi connectivity index (χ3n) is 5.69. The Bertz CT molecular complexity index is 1360. The van der Waals surface area contributed by atoms with Crippen LogP contribution < -0.4 is 5.32 Å². The van der Waals surface area contributed by atoms with Crippen molar-refractivity contribution in [1.29, 1.82) is 0 Å². The van der Waals surface area contributed by atoms with E-state index in [9.17, 15) is 9.18 Å². The maximum Gasteiger partial charge on any atom is 0.338 e. The van der Waals surface area contributed by atoms with Gasteiger partial charge in [-0.3, -0.25) is 4.57 Å². The molecule has 1 N–H and O–H groups in total. The smallest absolute Gasteiger partial charge is 0.338 e. The summed E-state index contributed by atoms with van der Waals surface area (Å²) in [5, 5.41) is 3.34. The van der Waals surface area contributed by atoms with Gasteiger partial charge < -0.3 is 10.1 Å². The van der Waals surface area contributed by atoms with Gasteiger partial charge in [-0.2, -0.15) is 0 Å². The van der Waals surface area contributed by atoms with E-state index in [1.54, 1.807) is 30.8 Å². The Hall–Kier alpha value is -3.58. The van der Waals surface area contributed by atoms with E-state index >= 15 is 0 Å².